The van der Waals surface area contributed by atoms with E-state index in [4.69, 9.17) is 0 Å². The van der Waals surface area contributed by atoms with Gasteiger partial charge in [0, 0.05) is 16.9 Å². The van der Waals surface area contributed by atoms with Crippen LogP contribution in [0.2, 0.25) is 0 Å². The van der Waals surface area contributed by atoms with Gasteiger partial charge in [-0.15, -0.1) is 0 Å². The van der Waals surface area contributed by atoms with E-state index < -0.39 is 11.6 Å². The Morgan fingerprint density at radius 1 is 1.30 bits per heavy atom. The molecule has 1 saturated carbocycles. The predicted molar refractivity (Wildman–Crippen MR) is 77.7 cm³/mol. The summed E-state index contributed by atoms with van der Waals surface area (Å²) >= 11 is 3.47. The van der Waals surface area contributed by atoms with Crippen molar-refractivity contribution in [3.63, 3.8) is 0 Å². The normalized spacial score (nSPS) is 22.6. The lowest BCUT2D eigenvalue weighted by Crippen LogP contribution is -2.43. The summed E-state index contributed by atoms with van der Waals surface area (Å²) in [5.74, 6) is -1.66. The van der Waals surface area contributed by atoms with Gasteiger partial charge in [0.05, 0.1) is 6.42 Å². The first-order chi connectivity index (χ1) is 9.61. The molecule has 0 saturated heterocycles. The highest BCUT2D eigenvalue weighted by molar-refractivity contribution is 9.09. The molecule has 0 radical (unpaired) electrons. The van der Waals surface area contributed by atoms with Crippen molar-refractivity contribution >= 4 is 21.8 Å². The Bertz CT molecular complexity index is 481. The average molecular weight is 346 g/mol. The predicted octanol–water partition coefficient (Wildman–Crippen LogP) is 3.58. The van der Waals surface area contributed by atoms with Gasteiger partial charge >= 0.3 is 0 Å². The third-order valence-electron chi connectivity index (χ3n) is 3.84. The summed E-state index contributed by atoms with van der Waals surface area (Å²) in [5.41, 5.74) is 0.105. The zero-order valence-electron chi connectivity index (χ0n) is 11.2. The fraction of sp³-hybridized carbons (Fsp3) is 0.533. The van der Waals surface area contributed by atoms with E-state index in [1.54, 1.807) is 0 Å². The van der Waals surface area contributed by atoms with E-state index in [0.29, 0.717) is 5.92 Å². The minimum atomic E-state index is -0.927. The molecule has 2 unspecified atom stereocenters. The van der Waals surface area contributed by atoms with Crippen LogP contribution in [0.1, 0.15) is 31.2 Å². The van der Waals surface area contributed by atoms with Gasteiger partial charge in [0.1, 0.15) is 0 Å². The van der Waals surface area contributed by atoms with Crippen LogP contribution in [0.15, 0.2) is 18.2 Å². The van der Waals surface area contributed by atoms with Gasteiger partial charge in [-0.2, -0.15) is 0 Å². The number of nitrogens with one attached hydrogen (secondary N) is 1. The van der Waals surface area contributed by atoms with Gasteiger partial charge in [-0.25, -0.2) is 8.78 Å². The molecule has 0 aliphatic heterocycles. The van der Waals surface area contributed by atoms with Gasteiger partial charge < -0.3 is 5.32 Å². The summed E-state index contributed by atoms with van der Waals surface area (Å²) in [6, 6.07) is 4.05. The Morgan fingerprint density at radius 2 is 2.05 bits per heavy atom. The molecule has 0 aromatic heterocycles. The number of rotatable bonds is 4. The summed E-state index contributed by atoms with van der Waals surface area (Å²) in [4.78, 5) is 12.0. The van der Waals surface area contributed by atoms with Gasteiger partial charge in [-0.3, -0.25) is 4.79 Å². The Labute approximate surface area is 126 Å². The third-order valence-corrected chi connectivity index (χ3v) is 4.67. The molecule has 5 heteroatoms. The molecule has 1 amide bonds. The lowest BCUT2D eigenvalue weighted by molar-refractivity contribution is -0.121. The van der Waals surface area contributed by atoms with Crippen molar-refractivity contribution in [1.29, 1.82) is 0 Å². The Hall–Kier alpha value is -0.970. The first kappa shape index (κ1) is 15.4. The average Bonchev–Trinajstić information content (AvgIpc) is 2.44. The van der Waals surface area contributed by atoms with Gasteiger partial charge in [-0.05, 0) is 24.8 Å². The van der Waals surface area contributed by atoms with Gasteiger partial charge in [-0.1, -0.05) is 40.9 Å². The van der Waals surface area contributed by atoms with Crippen LogP contribution in [0.3, 0.4) is 0 Å². The van der Waals surface area contributed by atoms with Crippen LogP contribution in [0.4, 0.5) is 8.78 Å². The molecule has 20 heavy (non-hydrogen) atoms. The van der Waals surface area contributed by atoms with Crippen molar-refractivity contribution < 1.29 is 13.6 Å². The highest BCUT2D eigenvalue weighted by atomic mass is 79.9. The highest BCUT2D eigenvalue weighted by Gasteiger charge is 2.25. The molecular weight excluding hydrogens is 328 g/mol. The number of hydrogen-bond donors (Lipinski definition) is 1. The first-order valence-corrected chi connectivity index (χ1v) is 8.02. The van der Waals surface area contributed by atoms with Crippen LogP contribution < -0.4 is 5.32 Å². The van der Waals surface area contributed by atoms with Crippen molar-refractivity contribution in [2.75, 3.05) is 5.33 Å². The van der Waals surface area contributed by atoms with Crippen LogP contribution in [-0.2, 0) is 11.2 Å². The van der Waals surface area contributed by atoms with Gasteiger partial charge in [0.15, 0.2) is 11.6 Å². The van der Waals surface area contributed by atoms with E-state index in [-0.39, 0.29) is 23.9 Å². The molecule has 1 N–H and O–H groups in total. The second kappa shape index (κ2) is 7.16. The molecule has 0 bridgehead atoms. The summed E-state index contributed by atoms with van der Waals surface area (Å²) in [5, 5.41) is 3.81. The lowest BCUT2D eigenvalue weighted by atomic mass is 9.86. The van der Waals surface area contributed by atoms with Crippen LogP contribution in [0.5, 0.6) is 0 Å². The minimum absolute atomic E-state index is 0.105. The quantitative estimate of drug-likeness (QED) is 0.830. The van der Waals surface area contributed by atoms with Crippen molar-refractivity contribution in [2.24, 2.45) is 5.92 Å². The van der Waals surface area contributed by atoms with Crippen LogP contribution >= 0.6 is 15.9 Å². The molecule has 0 heterocycles. The lowest BCUT2D eigenvalue weighted by Gasteiger charge is -2.31. The standard InChI is InChI=1S/C15H18BrF2NO/c16-9-11-4-1-2-7-13(11)19-14(20)8-10-5-3-6-12(17)15(10)18/h3,5-6,11,13H,1-2,4,7-9H2,(H,19,20). The molecule has 110 valence electrons. The Balaban J connectivity index is 1.96. The van der Waals surface area contributed by atoms with Crippen molar-refractivity contribution in [1.82, 2.24) is 5.32 Å². The molecule has 2 atom stereocenters. The number of benzene rings is 1. The molecule has 1 fully saturated rings. The summed E-state index contributed by atoms with van der Waals surface area (Å²) in [6.45, 7) is 0. The Morgan fingerprint density at radius 3 is 2.80 bits per heavy atom. The van der Waals surface area contributed by atoms with Crippen LogP contribution in [0.25, 0.3) is 0 Å². The van der Waals surface area contributed by atoms with E-state index in [1.807, 2.05) is 0 Å². The van der Waals surface area contributed by atoms with E-state index >= 15 is 0 Å². The number of hydrogen-bond acceptors (Lipinski definition) is 1. The van der Waals surface area contributed by atoms with Crippen molar-refractivity contribution in [3.05, 3.63) is 35.4 Å². The fourth-order valence-corrected chi connectivity index (χ4v) is 3.47. The van der Waals surface area contributed by atoms with E-state index in [2.05, 4.69) is 21.2 Å². The molecular formula is C15H18BrF2NO. The third kappa shape index (κ3) is 3.78. The fourth-order valence-electron chi connectivity index (χ4n) is 2.70. The number of carbonyl (C=O) groups excluding carboxylic acids is 1. The molecule has 1 aromatic carbocycles. The van der Waals surface area contributed by atoms with E-state index in [9.17, 15) is 13.6 Å². The number of alkyl halides is 1. The Kier molecular flexibility index (Phi) is 5.52. The monoisotopic (exact) mass is 345 g/mol. The number of amides is 1. The van der Waals surface area contributed by atoms with Crippen molar-refractivity contribution in [3.8, 4) is 0 Å². The zero-order chi connectivity index (χ0) is 14.5. The van der Waals surface area contributed by atoms with Crippen LogP contribution in [-0.4, -0.2) is 17.3 Å². The van der Waals surface area contributed by atoms with E-state index in [1.165, 1.54) is 18.6 Å². The first-order valence-electron chi connectivity index (χ1n) is 6.90. The summed E-state index contributed by atoms with van der Waals surface area (Å²) in [6.07, 6.45) is 4.21. The molecule has 2 rings (SSSR count). The second-order valence-electron chi connectivity index (χ2n) is 5.26. The van der Waals surface area contributed by atoms with Gasteiger partial charge in [0.2, 0.25) is 5.91 Å². The van der Waals surface area contributed by atoms with Gasteiger partial charge in [0.25, 0.3) is 0 Å². The summed E-state index contributed by atoms with van der Waals surface area (Å²) < 4.78 is 26.6. The smallest absolute Gasteiger partial charge is 0.224 e. The topological polar surface area (TPSA) is 29.1 Å². The maximum atomic E-state index is 13.5. The zero-order valence-corrected chi connectivity index (χ0v) is 12.8. The van der Waals surface area contributed by atoms with E-state index in [0.717, 1.165) is 30.7 Å². The van der Waals surface area contributed by atoms with Crippen molar-refractivity contribution in [2.45, 2.75) is 38.1 Å². The molecule has 0 spiro atoms. The number of carbonyl (C=O) groups is 1. The molecule has 1 aromatic rings. The minimum Gasteiger partial charge on any atom is -0.353 e. The SMILES string of the molecule is O=C(Cc1cccc(F)c1F)NC1CCCCC1CBr. The second-order valence-corrected chi connectivity index (χ2v) is 5.91. The molecule has 1 aliphatic rings. The largest absolute Gasteiger partial charge is 0.353 e. The molecule has 2 nitrogen and oxygen atoms in total. The maximum Gasteiger partial charge on any atom is 0.224 e. The van der Waals surface area contributed by atoms with Crippen LogP contribution in [0, 0.1) is 17.6 Å². The molecule has 1 aliphatic carbocycles. The highest BCUT2D eigenvalue weighted by Crippen LogP contribution is 2.26. The summed E-state index contributed by atoms with van der Waals surface area (Å²) in [7, 11) is 0. The number of halogens is 3. The maximum absolute atomic E-state index is 13.5.